The molecule has 1 N–H and O–H groups in total. The summed E-state index contributed by atoms with van der Waals surface area (Å²) >= 11 is 0. The molecule has 8 heteroatoms. The molecule has 0 saturated heterocycles. The molecule has 1 aromatic heterocycles. The number of aromatic nitrogens is 1. The topological polar surface area (TPSA) is 137 Å². The van der Waals surface area contributed by atoms with Crippen LogP contribution in [0.5, 0.6) is 0 Å². The molecule has 0 fully saturated rings. The summed E-state index contributed by atoms with van der Waals surface area (Å²) < 4.78 is 39.5. The Morgan fingerprint density at radius 2 is 1.71 bits per heavy atom. The van der Waals surface area contributed by atoms with E-state index in [0.29, 0.717) is 11.7 Å². The molecule has 0 aliphatic carbocycles. The van der Waals surface area contributed by atoms with E-state index in [2.05, 4.69) is 4.98 Å². The van der Waals surface area contributed by atoms with Crippen LogP contribution in [-0.2, 0) is 0 Å². The highest BCUT2D eigenvalue weighted by molar-refractivity contribution is 5.56. The number of rotatable bonds is 2. The van der Waals surface area contributed by atoms with Gasteiger partial charge in [0.05, 0.1) is 6.07 Å². The smallest absolute Gasteiger partial charge is 0.404 e. The lowest BCUT2D eigenvalue weighted by Gasteiger charge is -2.17. The zero-order valence-electron chi connectivity index (χ0n) is 10.9. The molecule has 0 aliphatic heterocycles. The van der Waals surface area contributed by atoms with Gasteiger partial charge in [0, 0.05) is 11.6 Å². The summed E-state index contributed by atoms with van der Waals surface area (Å²) in [4.78, 5) is 14.0. The highest BCUT2D eigenvalue weighted by Gasteiger charge is 2.08. The van der Waals surface area contributed by atoms with Crippen LogP contribution in [0.1, 0.15) is 12.8 Å². The average Bonchev–Trinajstić information content (AvgIpc) is 2.37. The molecule has 7 nitrogen and oxygen atoms in total. The van der Waals surface area contributed by atoms with E-state index < -0.39 is 10.2 Å². The fourth-order valence-corrected chi connectivity index (χ4v) is 1.42. The van der Waals surface area contributed by atoms with E-state index >= 15 is 0 Å². The third kappa shape index (κ3) is 7.35. The Hall–Kier alpha value is -2.03. The number of benzene rings is 1. The van der Waals surface area contributed by atoms with E-state index in [1.165, 1.54) is 6.07 Å². The molecule has 0 aliphatic rings. The molecule has 1 aromatic carbocycles. The first-order valence-electron chi connectivity index (χ1n) is 5.67. The van der Waals surface area contributed by atoms with Crippen molar-refractivity contribution >= 4 is 6.08 Å². The first-order chi connectivity index (χ1) is 9.79. The fraction of sp³-hybridized carbons (Fsp3) is 0.0769. The number of H-pyrrole nitrogens is 1. The molecule has 0 saturated carbocycles. The number of halogens is 1. The summed E-state index contributed by atoms with van der Waals surface area (Å²) in [6.45, 7) is 1.86. The molecule has 0 atom stereocenters. The van der Waals surface area contributed by atoms with Gasteiger partial charge in [-0.25, -0.2) is 23.4 Å². The van der Waals surface area contributed by atoms with Crippen molar-refractivity contribution in [2.75, 3.05) is 0 Å². The van der Waals surface area contributed by atoms with E-state index in [-0.39, 0.29) is 5.56 Å². The maximum Gasteiger partial charge on any atom is 0.417 e. The zero-order chi connectivity index (χ0) is 15.9. The summed E-state index contributed by atoms with van der Waals surface area (Å²) in [6, 6.07) is 11.0. The van der Waals surface area contributed by atoms with Gasteiger partial charge in [0.15, 0.2) is 5.76 Å². The van der Waals surface area contributed by atoms with Crippen LogP contribution >= 0.6 is 0 Å². The van der Waals surface area contributed by atoms with Crippen molar-refractivity contribution < 1.29 is 38.3 Å². The number of hydrogen-bond donors (Lipinski definition) is 0. The van der Waals surface area contributed by atoms with Gasteiger partial charge in [-0.1, -0.05) is 36.4 Å². The Kier molecular flexibility index (Phi) is 6.22. The van der Waals surface area contributed by atoms with Gasteiger partial charge < -0.3 is 4.42 Å². The summed E-state index contributed by atoms with van der Waals surface area (Å²) in [5.74, 6) is 1.02. The number of allylic oxidation sites excluding steroid dienone is 1. The summed E-state index contributed by atoms with van der Waals surface area (Å²) in [5.41, 5.74) is 0.720. The quantitative estimate of drug-likeness (QED) is 0.596. The second-order valence-electron chi connectivity index (χ2n) is 3.71. The van der Waals surface area contributed by atoms with Gasteiger partial charge in [0.2, 0.25) is 0 Å². The van der Waals surface area contributed by atoms with Gasteiger partial charge in [-0.05, 0) is 6.92 Å². The molecule has 21 heavy (non-hydrogen) atoms. The summed E-state index contributed by atoms with van der Waals surface area (Å²) in [5, 5.41) is 0. The molecule has 2 rings (SSSR count). The fourth-order valence-electron chi connectivity index (χ4n) is 1.42. The van der Waals surface area contributed by atoms with E-state index in [1.807, 2.05) is 43.3 Å². The van der Waals surface area contributed by atoms with Crippen LogP contribution in [0.2, 0.25) is 0 Å². The second kappa shape index (κ2) is 7.67. The number of hydrogen-bond acceptors (Lipinski definition) is 6. The predicted octanol–water partition coefficient (Wildman–Crippen LogP) is -2.60. The van der Waals surface area contributed by atoms with Crippen molar-refractivity contribution in [1.82, 2.24) is 0 Å². The van der Waals surface area contributed by atoms with Crippen molar-refractivity contribution in [3.8, 4) is 11.3 Å². The molecule has 112 valence electrons. The standard InChI is InChI=1S/C13H11NO2.ClHO4/c1-2-6-13-14-12(15)9-11(16-13)10-7-4-3-5-8-10;2-1(3,4)5/h2-9H,1H3;(H,2,3,4,5)/b6-2+;. The Balaban J connectivity index is 0.000000383. The summed E-state index contributed by atoms with van der Waals surface area (Å²) in [7, 11) is -4.94. The van der Waals surface area contributed by atoms with E-state index in [9.17, 15) is 4.79 Å². The highest BCUT2D eigenvalue weighted by atomic mass is 35.7. The predicted molar refractivity (Wildman–Crippen MR) is 61.7 cm³/mol. The van der Waals surface area contributed by atoms with Gasteiger partial charge in [-0.2, -0.15) is 0 Å². The molecule has 0 amide bonds. The first kappa shape index (κ1) is 17.0. The maximum atomic E-state index is 11.4. The van der Waals surface area contributed by atoms with Crippen LogP contribution in [-0.4, -0.2) is 0 Å². The maximum absolute atomic E-state index is 11.4. The molecule has 0 bridgehead atoms. The van der Waals surface area contributed by atoms with Crippen LogP contribution in [0.3, 0.4) is 0 Å². The minimum absolute atomic E-state index is 0.168. The third-order valence-electron chi connectivity index (χ3n) is 2.10. The molecule has 1 heterocycles. The van der Waals surface area contributed by atoms with Crippen molar-refractivity contribution in [3.63, 3.8) is 0 Å². The normalized spacial score (nSPS) is 11.1. The van der Waals surface area contributed by atoms with Gasteiger partial charge in [0.1, 0.15) is 0 Å². The Morgan fingerprint density at radius 3 is 2.24 bits per heavy atom. The van der Waals surface area contributed by atoms with Crippen LogP contribution in [0.25, 0.3) is 17.4 Å². The largest absolute Gasteiger partial charge is 0.417 e. The van der Waals surface area contributed by atoms with Crippen LogP contribution in [0.4, 0.5) is 0 Å². The minimum atomic E-state index is -4.94. The van der Waals surface area contributed by atoms with E-state index in [0.717, 1.165) is 5.56 Å². The summed E-state index contributed by atoms with van der Waals surface area (Å²) in [6.07, 6.45) is 3.53. The number of nitrogens with one attached hydrogen (secondary N) is 1. The Labute approximate surface area is 122 Å². The van der Waals surface area contributed by atoms with Crippen molar-refractivity contribution in [3.05, 3.63) is 58.7 Å². The lowest BCUT2D eigenvalue weighted by molar-refractivity contribution is -2.00. The van der Waals surface area contributed by atoms with E-state index in [1.54, 1.807) is 6.08 Å². The van der Waals surface area contributed by atoms with Gasteiger partial charge in [-0.3, -0.25) is 0 Å². The molecule has 2 aromatic rings. The van der Waals surface area contributed by atoms with Gasteiger partial charge in [0.25, 0.3) is 0 Å². The molecule has 0 radical (unpaired) electrons. The molecule has 0 spiro atoms. The van der Waals surface area contributed by atoms with Crippen molar-refractivity contribution in [1.29, 1.82) is 0 Å². The van der Waals surface area contributed by atoms with Crippen LogP contribution < -0.4 is 29.2 Å². The second-order valence-corrected chi connectivity index (χ2v) is 4.46. The Morgan fingerprint density at radius 1 is 1.14 bits per heavy atom. The zero-order valence-corrected chi connectivity index (χ0v) is 11.7. The van der Waals surface area contributed by atoms with Gasteiger partial charge >= 0.3 is 11.4 Å². The Bertz CT molecular complexity index is 642. The van der Waals surface area contributed by atoms with Crippen molar-refractivity contribution in [2.45, 2.75) is 6.92 Å². The van der Waals surface area contributed by atoms with Gasteiger partial charge in [-0.15, -0.1) is 15.2 Å². The SMILES string of the molecule is C/C=C/c1[nH+]c(=O)cc(-c2ccccc2)o1.[O-][Cl+3]([O-])([O-])[O-]. The van der Waals surface area contributed by atoms with Crippen LogP contribution in [0.15, 0.2) is 51.7 Å². The van der Waals surface area contributed by atoms with E-state index in [4.69, 9.17) is 23.1 Å². The molecule has 0 unspecified atom stereocenters. The monoisotopic (exact) mass is 313 g/mol. The third-order valence-corrected chi connectivity index (χ3v) is 2.10. The first-order valence-corrected chi connectivity index (χ1v) is 6.90. The highest BCUT2D eigenvalue weighted by Crippen LogP contribution is 2.16. The average molecular weight is 314 g/mol. The molecular weight excluding hydrogens is 302 g/mol. The lowest BCUT2D eigenvalue weighted by Crippen LogP contribution is -2.68. The lowest BCUT2D eigenvalue weighted by atomic mass is 10.2. The molecular formula is C13H12ClNO6. The number of aromatic amines is 1. The van der Waals surface area contributed by atoms with Crippen LogP contribution in [0, 0.1) is 10.2 Å². The van der Waals surface area contributed by atoms with Crippen molar-refractivity contribution in [2.24, 2.45) is 0 Å². The minimum Gasteiger partial charge on any atom is -0.404 e.